The maximum atomic E-state index is 7.00. The lowest BCUT2D eigenvalue weighted by Crippen LogP contribution is -1.90. The first kappa shape index (κ1) is 18.8. The number of benzene rings is 1. The van der Waals surface area contributed by atoms with Crippen LogP contribution in [0.5, 0.6) is 0 Å². The Morgan fingerprint density at radius 3 is 2.48 bits per heavy atom. The van der Waals surface area contributed by atoms with Crippen LogP contribution in [-0.2, 0) is 0 Å². The van der Waals surface area contributed by atoms with Gasteiger partial charge in [-0.25, -0.2) is 4.98 Å². The van der Waals surface area contributed by atoms with E-state index in [4.69, 9.17) is 5.11 Å². The van der Waals surface area contributed by atoms with Crippen LogP contribution < -0.4 is 5.43 Å². The Kier molecular flexibility index (Phi) is 8.52. The normalized spacial score (nSPS) is 9.65. The lowest BCUT2D eigenvalue weighted by Gasteiger charge is -1.95. The number of pyridine rings is 1. The molecule has 2 heterocycles. The topological polar surface area (TPSA) is 70.4 Å². The van der Waals surface area contributed by atoms with E-state index in [9.17, 15) is 0 Å². The predicted molar refractivity (Wildman–Crippen MR) is 98.4 cm³/mol. The molecule has 0 atom stereocenters. The van der Waals surface area contributed by atoms with Gasteiger partial charge in [0.2, 0.25) is 5.13 Å². The average Bonchev–Trinajstić information content (AvgIpc) is 3.07. The van der Waals surface area contributed by atoms with E-state index < -0.39 is 0 Å². The van der Waals surface area contributed by atoms with Crippen LogP contribution >= 0.6 is 23.7 Å². The van der Waals surface area contributed by atoms with Gasteiger partial charge in [-0.3, -0.25) is 10.4 Å². The molecule has 0 radical (unpaired) electrons. The number of nitrogens with one attached hydrogen (secondary N) is 1. The molecule has 23 heavy (non-hydrogen) atoms. The summed E-state index contributed by atoms with van der Waals surface area (Å²) < 4.78 is 0. The van der Waals surface area contributed by atoms with E-state index in [0.29, 0.717) is 0 Å². The van der Waals surface area contributed by atoms with E-state index >= 15 is 0 Å². The zero-order valence-electron chi connectivity index (χ0n) is 12.5. The molecule has 120 valence electrons. The number of hydrogen-bond donors (Lipinski definition) is 2. The van der Waals surface area contributed by atoms with E-state index in [-0.39, 0.29) is 12.4 Å². The minimum absolute atomic E-state index is 0. The van der Waals surface area contributed by atoms with Crippen molar-refractivity contribution < 1.29 is 5.11 Å². The third-order valence-electron chi connectivity index (χ3n) is 2.65. The zero-order valence-corrected chi connectivity index (χ0v) is 14.1. The largest absolute Gasteiger partial charge is 0.400 e. The number of hydrazone groups is 1. The van der Waals surface area contributed by atoms with Crippen molar-refractivity contribution in [1.82, 2.24) is 9.97 Å². The van der Waals surface area contributed by atoms with Crippen LogP contribution in [0, 0.1) is 0 Å². The Morgan fingerprint density at radius 2 is 1.78 bits per heavy atom. The van der Waals surface area contributed by atoms with Gasteiger partial charge in [-0.2, -0.15) is 5.10 Å². The molecule has 2 aromatic heterocycles. The summed E-state index contributed by atoms with van der Waals surface area (Å²) in [7, 11) is 1.00. The van der Waals surface area contributed by atoms with Crippen LogP contribution in [0.4, 0.5) is 5.13 Å². The molecule has 2 N–H and O–H groups in total. The molecule has 0 aliphatic rings. The van der Waals surface area contributed by atoms with Crippen molar-refractivity contribution in [3.8, 4) is 11.3 Å². The molecule has 3 aromatic rings. The number of rotatable bonds is 4. The predicted octanol–water partition coefficient (Wildman–Crippen LogP) is 3.68. The summed E-state index contributed by atoms with van der Waals surface area (Å²) in [5.41, 5.74) is 5.99. The number of nitrogens with zero attached hydrogens (tertiary/aromatic N) is 3. The highest BCUT2D eigenvalue weighted by molar-refractivity contribution is 7.14. The molecule has 0 fully saturated rings. The Balaban J connectivity index is 0.000000849. The first-order valence-electron chi connectivity index (χ1n) is 6.56. The Bertz CT molecular complexity index is 704. The van der Waals surface area contributed by atoms with E-state index in [0.717, 1.165) is 29.1 Å². The van der Waals surface area contributed by atoms with E-state index in [1.165, 1.54) is 11.3 Å². The highest BCUT2D eigenvalue weighted by Gasteiger charge is 2.02. The maximum Gasteiger partial charge on any atom is 0.203 e. The summed E-state index contributed by atoms with van der Waals surface area (Å²) in [6, 6.07) is 13.9. The molecule has 5 nitrogen and oxygen atoms in total. The van der Waals surface area contributed by atoms with Gasteiger partial charge < -0.3 is 5.11 Å². The van der Waals surface area contributed by atoms with Gasteiger partial charge in [0, 0.05) is 30.4 Å². The zero-order chi connectivity index (χ0) is 15.6. The highest BCUT2D eigenvalue weighted by atomic mass is 35.5. The van der Waals surface area contributed by atoms with E-state index in [2.05, 4.69) is 20.5 Å². The number of halogens is 1. The molecule has 0 saturated heterocycles. The van der Waals surface area contributed by atoms with Gasteiger partial charge in [0.05, 0.1) is 11.9 Å². The molecule has 0 saturated carbocycles. The van der Waals surface area contributed by atoms with Gasteiger partial charge in [-0.1, -0.05) is 30.3 Å². The van der Waals surface area contributed by atoms with Gasteiger partial charge in [0.25, 0.3) is 0 Å². The van der Waals surface area contributed by atoms with Crippen molar-refractivity contribution in [2.45, 2.75) is 0 Å². The summed E-state index contributed by atoms with van der Waals surface area (Å²) in [5, 5.41) is 13.9. The SMILES string of the molecule is C(=N\Nc1nc(-c2ccccc2)cs1)/c1ccncc1.CO.Cl. The molecule has 0 spiro atoms. The number of hydrogen-bond acceptors (Lipinski definition) is 6. The molecule has 0 unspecified atom stereocenters. The molecular formula is C16H17ClN4OS. The van der Waals surface area contributed by atoms with Crippen molar-refractivity contribution >= 4 is 35.1 Å². The number of aliphatic hydroxyl groups is 1. The number of aromatic nitrogens is 2. The molecule has 0 aliphatic heterocycles. The standard InChI is InChI=1S/C15H12N4S.CH4O.ClH/c1-2-4-13(5-3-1)14-11-20-15(18-14)19-17-10-12-6-8-16-9-7-12;1-2;/h1-11H,(H,18,19);2H,1H3;1H/b17-10+;;. The number of aliphatic hydroxyl groups excluding tert-OH is 1. The van der Waals surface area contributed by atoms with Crippen molar-refractivity contribution in [3.05, 3.63) is 65.8 Å². The second-order valence-electron chi connectivity index (χ2n) is 4.05. The van der Waals surface area contributed by atoms with Crippen LogP contribution in [0.3, 0.4) is 0 Å². The molecule has 0 bridgehead atoms. The van der Waals surface area contributed by atoms with Gasteiger partial charge in [-0.15, -0.1) is 23.7 Å². The quantitative estimate of drug-likeness (QED) is 0.557. The molecular weight excluding hydrogens is 332 g/mol. The van der Waals surface area contributed by atoms with E-state index in [1.807, 2.05) is 47.8 Å². The van der Waals surface area contributed by atoms with Gasteiger partial charge >= 0.3 is 0 Å². The van der Waals surface area contributed by atoms with Crippen LogP contribution in [0.15, 0.2) is 65.3 Å². The Morgan fingerprint density at radius 1 is 1.09 bits per heavy atom. The van der Waals surface area contributed by atoms with Gasteiger partial charge in [0.1, 0.15) is 0 Å². The van der Waals surface area contributed by atoms with Crippen LogP contribution in [0.25, 0.3) is 11.3 Å². The van der Waals surface area contributed by atoms with Gasteiger partial charge in [0.15, 0.2) is 0 Å². The van der Waals surface area contributed by atoms with Crippen molar-refractivity contribution in [2.75, 3.05) is 12.5 Å². The Hall–Kier alpha value is -2.28. The third-order valence-corrected chi connectivity index (χ3v) is 3.40. The fourth-order valence-electron chi connectivity index (χ4n) is 1.68. The lowest BCUT2D eigenvalue weighted by molar-refractivity contribution is 0.399. The molecule has 7 heteroatoms. The summed E-state index contributed by atoms with van der Waals surface area (Å²) in [6.07, 6.45) is 5.21. The molecule has 1 aromatic carbocycles. The number of thiazole rings is 1. The maximum absolute atomic E-state index is 7.00. The first-order chi connectivity index (χ1) is 10.9. The first-order valence-corrected chi connectivity index (χ1v) is 7.44. The van der Waals surface area contributed by atoms with Crippen LogP contribution in [-0.4, -0.2) is 28.4 Å². The second kappa shape index (κ2) is 10.4. The Labute approximate surface area is 145 Å². The third kappa shape index (κ3) is 5.78. The second-order valence-corrected chi connectivity index (χ2v) is 4.91. The fourth-order valence-corrected chi connectivity index (χ4v) is 2.35. The summed E-state index contributed by atoms with van der Waals surface area (Å²) >= 11 is 1.53. The van der Waals surface area contributed by atoms with Crippen molar-refractivity contribution in [1.29, 1.82) is 0 Å². The van der Waals surface area contributed by atoms with Crippen LogP contribution in [0.2, 0.25) is 0 Å². The highest BCUT2D eigenvalue weighted by Crippen LogP contribution is 2.24. The summed E-state index contributed by atoms with van der Waals surface area (Å²) in [6.45, 7) is 0. The summed E-state index contributed by atoms with van der Waals surface area (Å²) in [5.74, 6) is 0. The van der Waals surface area contributed by atoms with Crippen molar-refractivity contribution in [3.63, 3.8) is 0 Å². The summed E-state index contributed by atoms with van der Waals surface area (Å²) in [4.78, 5) is 8.45. The molecule has 3 rings (SSSR count). The molecule has 0 amide bonds. The number of anilines is 1. The minimum Gasteiger partial charge on any atom is -0.400 e. The minimum atomic E-state index is 0. The molecule has 0 aliphatic carbocycles. The van der Waals surface area contributed by atoms with Gasteiger partial charge in [-0.05, 0) is 17.7 Å². The van der Waals surface area contributed by atoms with Crippen molar-refractivity contribution in [2.24, 2.45) is 5.10 Å². The monoisotopic (exact) mass is 348 g/mol. The smallest absolute Gasteiger partial charge is 0.203 e. The van der Waals surface area contributed by atoms with Crippen LogP contribution in [0.1, 0.15) is 5.56 Å². The lowest BCUT2D eigenvalue weighted by atomic mass is 10.2. The van der Waals surface area contributed by atoms with E-state index in [1.54, 1.807) is 18.6 Å². The average molecular weight is 349 g/mol. The fraction of sp³-hybridized carbons (Fsp3) is 0.0625.